The van der Waals surface area contributed by atoms with E-state index >= 15 is 0 Å². The van der Waals surface area contributed by atoms with Gasteiger partial charge in [-0.1, -0.05) is 37.6 Å². The predicted octanol–water partition coefficient (Wildman–Crippen LogP) is 5.96. The summed E-state index contributed by atoms with van der Waals surface area (Å²) in [5.74, 6) is -0.431. The maximum Gasteiger partial charge on any atom is 0.256 e. The number of hydrogen-bond acceptors (Lipinski definition) is 1. The molecule has 3 nitrogen and oxygen atoms in total. The molecule has 0 atom stereocenters. The molecule has 142 valence electrons. The van der Waals surface area contributed by atoms with Crippen LogP contribution in [0.4, 0.5) is 10.1 Å². The molecule has 0 spiro atoms. The number of rotatable bonds is 5. The highest BCUT2D eigenvalue weighted by Gasteiger charge is 2.27. The van der Waals surface area contributed by atoms with Crippen LogP contribution in [-0.4, -0.2) is 10.9 Å². The van der Waals surface area contributed by atoms with E-state index in [1.165, 1.54) is 23.4 Å². The lowest BCUT2D eigenvalue weighted by Crippen LogP contribution is -2.03. The van der Waals surface area contributed by atoms with Gasteiger partial charge in [0.1, 0.15) is 5.82 Å². The van der Waals surface area contributed by atoms with Gasteiger partial charge in [0.15, 0.2) is 0 Å². The van der Waals surface area contributed by atoms with Crippen LogP contribution >= 0.6 is 0 Å². The molecule has 0 bridgehead atoms. The Morgan fingerprint density at radius 1 is 1.11 bits per heavy atom. The number of carbonyl (C=O) groups is 1. The van der Waals surface area contributed by atoms with Crippen LogP contribution in [0.25, 0.3) is 22.8 Å². The Balaban J connectivity index is 1.80. The number of carbonyl (C=O) groups excluding carboxylic acids is 1. The highest BCUT2D eigenvalue weighted by atomic mass is 19.1. The third kappa shape index (κ3) is 3.38. The van der Waals surface area contributed by atoms with E-state index in [1.54, 1.807) is 6.07 Å². The first-order valence-corrected chi connectivity index (χ1v) is 9.67. The van der Waals surface area contributed by atoms with E-state index in [9.17, 15) is 9.18 Å². The summed E-state index contributed by atoms with van der Waals surface area (Å²) in [5, 5.41) is 2.93. The van der Waals surface area contributed by atoms with Crippen molar-refractivity contribution in [3.63, 3.8) is 0 Å². The summed E-state index contributed by atoms with van der Waals surface area (Å²) in [5.41, 5.74) is 7.10. The van der Waals surface area contributed by atoms with Crippen LogP contribution in [0.1, 0.15) is 42.3 Å². The number of halogens is 1. The standard InChI is InChI=1S/C24H23FN2O/c1-3-4-10-21-15(2)12-18(26-21)14-20-23-19(16-7-5-8-17(25)13-16)9-6-11-22(23)27-24(20)28/h5-9,11-14,26H,3-4,10H2,1-2H3,(H,27,28)/b20-14-. The first-order valence-electron chi connectivity index (χ1n) is 9.67. The fourth-order valence-corrected chi connectivity index (χ4v) is 3.76. The van der Waals surface area contributed by atoms with Gasteiger partial charge >= 0.3 is 0 Å². The second-order valence-corrected chi connectivity index (χ2v) is 7.24. The van der Waals surface area contributed by atoms with Gasteiger partial charge < -0.3 is 10.3 Å². The highest BCUT2D eigenvalue weighted by Crippen LogP contribution is 2.40. The molecule has 4 rings (SSSR count). The van der Waals surface area contributed by atoms with Crippen molar-refractivity contribution in [2.45, 2.75) is 33.1 Å². The third-order valence-electron chi connectivity index (χ3n) is 5.19. The summed E-state index contributed by atoms with van der Waals surface area (Å²) in [4.78, 5) is 16.1. The zero-order valence-electron chi connectivity index (χ0n) is 16.1. The second-order valence-electron chi connectivity index (χ2n) is 7.24. The molecule has 1 aliphatic rings. The van der Waals surface area contributed by atoms with Gasteiger partial charge in [-0.05, 0) is 66.8 Å². The molecule has 0 radical (unpaired) electrons. The molecule has 4 heteroatoms. The fourth-order valence-electron chi connectivity index (χ4n) is 3.76. The monoisotopic (exact) mass is 374 g/mol. The first-order chi connectivity index (χ1) is 13.6. The lowest BCUT2D eigenvalue weighted by atomic mass is 9.94. The van der Waals surface area contributed by atoms with Crippen LogP contribution in [0.5, 0.6) is 0 Å². The first kappa shape index (κ1) is 18.2. The molecule has 1 amide bonds. The normalized spacial score (nSPS) is 14.4. The van der Waals surface area contributed by atoms with Crippen LogP contribution in [0, 0.1) is 12.7 Å². The summed E-state index contributed by atoms with van der Waals surface area (Å²) in [6.07, 6.45) is 5.17. The van der Waals surface area contributed by atoms with Gasteiger partial charge in [-0.25, -0.2) is 4.39 Å². The van der Waals surface area contributed by atoms with E-state index in [-0.39, 0.29) is 11.7 Å². The van der Waals surface area contributed by atoms with Crippen LogP contribution < -0.4 is 5.32 Å². The number of anilines is 1. The van der Waals surface area contributed by atoms with Crippen LogP contribution in [-0.2, 0) is 11.2 Å². The molecule has 2 N–H and O–H groups in total. The van der Waals surface area contributed by atoms with Crippen molar-refractivity contribution in [1.82, 2.24) is 4.98 Å². The second kappa shape index (κ2) is 7.47. The summed E-state index contributed by atoms with van der Waals surface area (Å²) < 4.78 is 13.8. The lowest BCUT2D eigenvalue weighted by Gasteiger charge is -2.08. The highest BCUT2D eigenvalue weighted by molar-refractivity contribution is 6.36. The number of fused-ring (bicyclic) bond motifs is 1. The average molecular weight is 374 g/mol. The minimum absolute atomic E-state index is 0.138. The Morgan fingerprint density at radius 3 is 2.71 bits per heavy atom. The van der Waals surface area contributed by atoms with Crippen molar-refractivity contribution in [3.05, 3.63) is 76.9 Å². The van der Waals surface area contributed by atoms with Gasteiger partial charge in [-0.3, -0.25) is 4.79 Å². The van der Waals surface area contributed by atoms with Gasteiger partial charge in [-0.15, -0.1) is 0 Å². The molecule has 0 aliphatic carbocycles. The molecule has 1 aromatic heterocycles. The van der Waals surface area contributed by atoms with Gasteiger partial charge in [-0.2, -0.15) is 0 Å². The van der Waals surface area contributed by atoms with Crippen molar-refractivity contribution in [1.29, 1.82) is 0 Å². The van der Waals surface area contributed by atoms with E-state index in [2.05, 4.69) is 30.2 Å². The topological polar surface area (TPSA) is 44.9 Å². The molecule has 28 heavy (non-hydrogen) atoms. The number of aryl methyl sites for hydroxylation is 2. The molecule has 0 saturated heterocycles. The van der Waals surface area contributed by atoms with Crippen molar-refractivity contribution in [2.24, 2.45) is 0 Å². The molecule has 1 aliphatic heterocycles. The zero-order chi connectivity index (χ0) is 19.7. The zero-order valence-corrected chi connectivity index (χ0v) is 16.1. The van der Waals surface area contributed by atoms with Gasteiger partial charge in [0.2, 0.25) is 0 Å². The quantitative estimate of drug-likeness (QED) is 0.531. The van der Waals surface area contributed by atoms with E-state index in [0.717, 1.165) is 47.3 Å². The number of H-pyrrole nitrogens is 1. The largest absolute Gasteiger partial charge is 0.359 e. The minimum atomic E-state index is -0.293. The summed E-state index contributed by atoms with van der Waals surface area (Å²) in [6, 6.07) is 14.2. The van der Waals surface area contributed by atoms with Crippen molar-refractivity contribution in [2.75, 3.05) is 5.32 Å². The van der Waals surface area contributed by atoms with Crippen molar-refractivity contribution >= 4 is 23.2 Å². The molecule has 0 fully saturated rings. The molecule has 2 heterocycles. The Hall–Kier alpha value is -3.14. The number of nitrogens with one attached hydrogen (secondary N) is 2. The Bertz CT molecular complexity index is 1080. The van der Waals surface area contributed by atoms with E-state index < -0.39 is 0 Å². The Morgan fingerprint density at radius 2 is 1.93 bits per heavy atom. The average Bonchev–Trinajstić information content (AvgIpc) is 3.19. The van der Waals surface area contributed by atoms with Crippen LogP contribution in [0.3, 0.4) is 0 Å². The number of aromatic nitrogens is 1. The van der Waals surface area contributed by atoms with Gasteiger partial charge in [0.05, 0.1) is 5.57 Å². The number of unbranched alkanes of at least 4 members (excludes halogenated alkanes) is 1. The smallest absolute Gasteiger partial charge is 0.256 e. The summed E-state index contributed by atoms with van der Waals surface area (Å²) in [7, 11) is 0. The number of amides is 1. The third-order valence-corrected chi connectivity index (χ3v) is 5.19. The van der Waals surface area contributed by atoms with Crippen molar-refractivity contribution < 1.29 is 9.18 Å². The van der Waals surface area contributed by atoms with Crippen LogP contribution in [0.15, 0.2) is 48.5 Å². The molecule has 3 aromatic rings. The minimum Gasteiger partial charge on any atom is -0.359 e. The maximum absolute atomic E-state index is 13.8. The number of benzene rings is 2. The summed E-state index contributed by atoms with van der Waals surface area (Å²) >= 11 is 0. The van der Waals surface area contributed by atoms with Gasteiger partial charge in [0, 0.05) is 22.6 Å². The van der Waals surface area contributed by atoms with Crippen molar-refractivity contribution in [3.8, 4) is 11.1 Å². The lowest BCUT2D eigenvalue weighted by molar-refractivity contribution is -0.110. The maximum atomic E-state index is 13.8. The predicted molar refractivity (Wildman–Crippen MR) is 112 cm³/mol. The summed E-state index contributed by atoms with van der Waals surface area (Å²) in [6.45, 7) is 4.26. The number of aromatic amines is 1. The molecular weight excluding hydrogens is 351 g/mol. The number of hydrogen-bond donors (Lipinski definition) is 2. The SMILES string of the molecule is CCCCc1[nH]c(/C=C2\C(=O)Nc3cccc(-c4cccc(F)c4)c32)cc1C. The van der Waals surface area contributed by atoms with E-state index in [1.807, 2.05) is 30.3 Å². The molecule has 2 aromatic carbocycles. The van der Waals surface area contributed by atoms with E-state index in [0.29, 0.717) is 5.57 Å². The molecule has 0 saturated carbocycles. The Labute approximate surface area is 164 Å². The molecular formula is C24H23FN2O. The molecule has 0 unspecified atom stereocenters. The fraction of sp³-hybridized carbons (Fsp3) is 0.208. The van der Waals surface area contributed by atoms with E-state index in [4.69, 9.17) is 0 Å². The van der Waals surface area contributed by atoms with Crippen LogP contribution in [0.2, 0.25) is 0 Å². The van der Waals surface area contributed by atoms with Gasteiger partial charge in [0.25, 0.3) is 5.91 Å². The Kier molecular flexibility index (Phi) is 4.86.